The molecule has 518 valence electrons. The van der Waals surface area contributed by atoms with Gasteiger partial charge in [-0.1, -0.05) is 307 Å². The smallest absolute Gasteiger partial charge is 0.306 e. The number of quaternary nitrogens is 1. The van der Waals surface area contributed by atoms with Crippen LogP contribution in [0.25, 0.3) is 0 Å². The minimum atomic E-state index is -1.63. The highest BCUT2D eigenvalue weighted by Crippen LogP contribution is 2.17. The van der Waals surface area contributed by atoms with Crippen molar-refractivity contribution in [1.29, 1.82) is 0 Å². The lowest BCUT2D eigenvalue weighted by Gasteiger charge is -2.26. The summed E-state index contributed by atoms with van der Waals surface area (Å²) in [6, 6.07) is 0. The van der Waals surface area contributed by atoms with Gasteiger partial charge in [0.15, 0.2) is 12.4 Å². The first-order chi connectivity index (χ1) is 44.6. The molecule has 2 atom stereocenters. The van der Waals surface area contributed by atoms with Crippen molar-refractivity contribution >= 4 is 17.9 Å². The highest BCUT2D eigenvalue weighted by molar-refractivity contribution is 5.70. The number of unbranched alkanes of at least 4 members (excludes halogenated alkanes) is 28. The average Bonchev–Trinajstić information content (AvgIpc) is 3.53. The van der Waals surface area contributed by atoms with Gasteiger partial charge in [-0.25, -0.2) is 0 Å². The Morgan fingerprint density at radius 2 is 0.626 bits per heavy atom. The van der Waals surface area contributed by atoms with Crippen LogP contribution in [0.1, 0.15) is 296 Å². The van der Waals surface area contributed by atoms with Crippen molar-refractivity contribution in [2.75, 3.05) is 47.5 Å². The second kappa shape index (κ2) is 71.0. The maximum absolute atomic E-state index is 13.0. The number of carbonyl (C=O) groups is 3. The first kappa shape index (κ1) is 86.2. The summed E-state index contributed by atoms with van der Waals surface area (Å²) < 4.78 is 22.8. The number of carboxylic acids is 1. The summed E-state index contributed by atoms with van der Waals surface area (Å²) in [4.78, 5) is 37.5. The number of ether oxygens (including phenoxy) is 4. The van der Waals surface area contributed by atoms with Crippen LogP contribution in [0.15, 0.2) is 146 Å². The van der Waals surface area contributed by atoms with E-state index in [2.05, 4.69) is 160 Å². The molecule has 0 aliphatic rings. The quantitative estimate of drug-likeness (QED) is 0.0195. The van der Waals surface area contributed by atoms with E-state index in [1.54, 1.807) is 0 Å². The fourth-order valence-electron chi connectivity index (χ4n) is 9.95. The van der Waals surface area contributed by atoms with Gasteiger partial charge in [0.05, 0.1) is 40.3 Å². The lowest BCUT2D eigenvalue weighted by molar-refractivity contribution is -0.870. The minimum Gasteiger partial charge on any atom is -0.545 e. The zero-order valence-corrected chi connectivity index (χ0v) is 59.2. The molecular weight excluding hydrogens is 1130 g/mol. The number of allylic oxidation sites excluding steroid dienone is 24. The molecule has 0 aliphatic carbocycles. The molecule has 0 N–H and O–H groups in total. The molecule has 91 heavy (non-hydrogen) atoms. The van der Waals surface area contributed by atoms with Crippen molar-refractivity contribution in [2.45, 2.75) is 309 Å². The van der Waals surface area contributed by atoms with Crippen LogP contribution >= 0.6 is 0 Å². The summed E-state index contributed by atoms with van der Waals surface area (Å²) in [5.41, 5.74) is 0. The fraction of sp³-hybridized carbons (Fsp3) is 0.671. The van der Waals surface area contributed by atoms with Crippen molar-refractivity contribution in [2.24, 2.45) is 0 Å². The minimum absolute atomic E-state index is 0.141. The molecule has 2 unspecified atom stereocenters. The van der Waals surface area contributed by atoms with Crippen LogP contribution in [-0.4, -0.2) is 82.3 Å². The van der Waals surface area contributed by atoms with Gasteiger partial charge in [0.25, 0.3) is 0 Å². The number of hydrogen-bond donors (Lipinski definition) is 0. The molecule has 0 rings (SSSR count). The van der Waals surface area contributed by atoms with Gasteiger partial charge in [-0.2, -0.15) is 0 Å². The van der Waals surface area contributed by atoms with E-state index in [1.807, 2.05) is 21.1 Å². The maximum Gasteiger partial charge on any atom is 0.306 e. The zero-order chi connectivity index (χ0) is 66.1. The van der Waals surface area contributed by atoms with E-state index in [0.717, 1.165) is 116 Å². The molecule has 0 fully saturated rings. The van der Waals surface area contributed by atoms with E-state index in [0.29, 0.717) is 17.4 Å². The zero-order valence-electron chi connectivity index (χ0n) is 59.2. The molecule has 0 aromatic carbocycles. The predicted molar refractivity (Wildman–Crippen MR) is 389 cm³/mol. The Balaban J connectivity index is 4.11. The van der Waals surface area contributed by atoms with E-state index in [4.69, 9.17) is 18.9 Å². The Morgan fingerprint density at radius 1 is 0.341 bits per heavy atom. The Labute approximate surface area is 560 Å². The van der Waals surface area contributed by atoms with Gasteiger partial charge in [0, 0.05) is 12.8 Å². The van der Waals surface area contributed by atoms with Crippen molar-refractivity contribution in [1.82, 2.24) is 0 Å². The second-order valence-electron chi connectivity index (χ2n) is 25.5. The van der Waals surface area contributed by atoms with Crippen molar-refractivity contribution in [3.63, 3.8) is 0 Å². The molecule has 0 radical (unpaired) electrons. The number of nitrogens with zero attached hydrogens (tertiary/aromatic N) is 1. The molecule has 0 saturated heterocycles. The van der Waals surface area contributed by atoms with Crippen LogP contribution in [0, 0.1) is 0 Å². The molecule has 0 aromatic rings. The van der Waals surface area contributed by atoms with Gasteiger partial charge in [-0.15, -0.1) is 0 Å². The lowest BCUT2D eigenvalue weighted by Crippen LogP contribution is -2.44. The monoisotopic (exact) mass is 1260 g/mol. The number of carboxylic acid groups (broad SMARTS) is 1. The summed E-state index contributed by atoms with van der Waals surface area (Å²) in [6.45, 7) is 4.63. The SMILES string of the molecule is CC/C=C\C/C=C\C/C=C\C/C=C\C/C=C\C/C=C\C/C=C\C/C=C\C/C=C\CCCCCCCCCCCCCCCC(=O)OC(COC(=O)CCCCCCCCCCCC/C=C\C/C=C\C/C=C\CCCCCCC)COC(OCC[N+](C)(C)C)C(=O)[O-]. The van der Waals surface area contributed by atoms with Crippen LogP contribution in [-0.2, 0) is 33.3 Å². The summed E-state index contributed by atoms with van der Waals surface area (Å²) in [6.07, 6.45) is 101. The number of esters is 2. The van der Waals surface area contributed by atoms with Crippen LogP contribution in [0.4, 0.5) is 0 Å². The first-order valence-electron chi connectivity index (χ1n) is 37.0. The normalized spacial score (nSPS) is 13.5. The molecule has 0 amide bonds. The van der Waals surface area contributed by atoms with Crippen LogP contribution in [0.3, 0.4) is 0 Å². The van der Waals surface area contributed by atoms with Crippen molar-refractivity contribution in [3.05, 3.63) is 146 Å². The third kappa shape index (κ3) is 72.5. The molecule has 0 spiro atoms. The lowest BCUT2D eigenvalue weighted by atomic mass is 10.0. The largest absolute Gasteiger partial charge is 0.545 e. The number of carbonyl (C=O) groups excluding carboxylic acids is 3. The summed E-state index contributed by atoms with van der Waals surface area (Å²) in [7, 11) is 5.93. The molecule has 0 bridgehead atoms. The van der Waals surface area contributed by atoms with E-state index in [1.165, 1.54) is 148 Å². The number of hydrogen-bond acceptors (Lipinski definition) is 8. The summed E-state index contributed by atoms with van der Waals surface area (Å²) in [5.74, 6) is -2.29. The molecule has 9 heteroatoms. The summed E-state index contributed by atoms with van der Waals surface area (Å²) >= 11 is 0. The number of aliphatic carboxylic acids is 1. The Morgan fingerprint density at radius 3 is 0.934 bits per heavy atom. The van der Waals surface area contributed by atoms with Gasteiger partial charge in [-0.3, -0.25) is 9.59 Å². The van der Waals surface area contributed by atoms with Gasteiger partial charge in [0.1, 0.15) is 13.2 Å². The Hall–Kier alpha value is -4.83. The fourth-order valence-corrected chi connectivity index (χ4v) is 9.95. The highest BCUT2D eigenvalue weighted by atomic mass is 16.7. The number of likely N-dealkylation sites (N-methyl/N-ethyl adjacent to an activating group) is 1. The van der Waals surface area contributed by atoms with E-state index in [9.17, 15) is 19.5 Å². The van der Waals surface area contributed by atoms with Crippen molar-refractivity contribution < 1.29 is 42.9 Å². The van der Waals surface area contributed by atoms with E-state index in [-0.39, 0.29) is 38.6 Å². The molecule has 9 nitrogen and oxygen atoms in total. The Bertz CT molecular complexity index is 2010. The highest BCUT2D eigenvalue weighted by Gasteiger charge is 2.22. The van der Waals surface area contributed by atoms with Gasteiger partial charge >= 0.3 is 11.9 Å². The second-order valence-corrected chi connectivity index (χ2v) is 25.5. The molecule has 0 saturated carbocycles. The molecule has 0 heterocycles. The van der Waals surface area contributed by atoms with E-state index >= 15 is 0 Å². The van der Waals surface area contributed by atoms with Crippen molar-refractivity contribution in [3.8, 4) is 0 Å². The average molecular weight is 1260 g/mol. The third-order valence-corrected chi connectivity index (χ3v) is 15.6. The first-order valence-corrected chi connectivity index (χ1v) is 37.0. The third-order valence-electron chi connectivity index (χ3n) is 15.6. The Kier molecular flexibility index (Phi) is 67.3. The van der Waals surface area contributed by atoms with E-state index < -0.39 is 24.3 Å². The molecule has 0 aliphatic heterocycles. The summed E-state index contributed by atoms with van der Waals surface area (Å²) in [5, 5.41) is 11.8. The standard InChI is InChI=1S/C82H137NO8/c1-6-8-10-12-14-16-18-20-22-24-26-28-30-32-33-34-35-36-37-38-39-40-41-42-43-44-45-46-47-49-51-53-55-57-59-61-63-65-67-69-71-73-80(85)91-78(77-90-82(81(86)87)88-75-74-83(3,4)5)76-89-79(84)72-70-68-66-64-62-60-58-56-54-52-50-48-31-29-27-25-23-21-19-17-15-13-11-9-7-2/h8,10,14,16,19-22,25-28,31-33,35-36,38-39,41-42,44-45,48,78,82H,6-7,9,11-13,15,17-18,23-24,29-30,34,37,40,43,46-47,49-77H2,1-5H3/b10-8-,16-14-,21-19-,22-20-,27-25-,28-26-,33-32-,36-35-,39-38-,42-41-,45-44-,48-31-. The van der Waals surface area contributed by atoms with Gasteiger partial charge in [-0.05, 0) is 122 Å². The van der Waals surface area contributed by atoms with Crippen LogP contribution in [0.2, 0.25) is 0 Å². The topological polar surface area (TPSA) is 111 Å². The maximum atomic E-state index is 13.0. The van der Waals surface area contributed by atoms with Crippen LogP contribution in [0.5, 0.6) is 0 Å². The number of rotatable bonds is 67. The predicted octanol–water partition coefficient (Wildman–Crippen LogP) is 22.1. The molecular formula is C82H137NO8. The molecule has 0 aromatic heterocycles. The van der Waals surface area contributed by atoms with Gasteiger partial charge in [0.2, 0.25) is 0 Å². The van der Waals surface area contributed by atoms with Gasteiger partial charge < -0.3 is 33.3 Å². The van der Waals surface area contributed by atoms with Crippen LogP contribution < -0.4 is 5.11 Å².